The molecular weight excluding hydrogens is 212 g/mol. The maximum atomic E-state index is 11.5. The Kier molecular flexibility index (Phi) is 4.39. The Morgan fingerprint density at radius 1 is 0.938 bits per heavy atom. The van der Waals surface area contributed by atoms with Gasteiger partial charge in [0, 0.05) is 12.7 Å². The van der Waals surface area contributed by atoms with Crippen LogP contribution in [-0.2, 0) is 9.84 Å². The Hall–Kier alpha value is -1.46. The van der Waals surface area contributed by atoms with E-state index in [1.54, 1.807) is 12.1 Å². The van der Waals surface area contributed by atoms with Crippen LogP contribution in [0.2, 0.25) is 0 Å². The molecule has 1 radical (unpaired) electrons. The van der Waals surface area contributed by atoms with Crippen LogP contribution < -0.4 is 14.2 Å². The summed E-state index contributed by atoms with van der Waals surface area (Å²) in [6.07, 6.45) is -1.27. The summed E-state index contributed by atoms with van der Waals surface area (Å²) in [6, 6.07) is 3.14. The molecule has 0 aromatic heterocycles. The third-order valence-electron chi connectivity index (χ3n) is 2.17. The van der Waals surface area contributed by atoms with Crippen LogP contribution in [0.4, 0.5) is 0 Å². The SMILES string of the molecule is COc1cc(C([O])OC)cc(OC)c1OC. The van der Waals surface area contributed by atoms with Crippen molar-refractivity contribution in [1.29, 1.82) is 0 Å². The molecule has 1 atom stereocenters. The number of benzene rings is 1. The van der Waals surface area contributed by atoms with E-state index in [2.05, 4.69) is 0 Å². The molecule has 0 amide bonds. The minimum atomic E-state index is -1.27. The quantitative estimate of drug-likeness (QED) is 0.719. The van der Waals surface area contributed by atoms with Gasteiger partial charge in [0.2, 0.25) is 12.0 Å². The van der Waals surface area contributed by atoms with Gasteiger partial charge in [-0.1, -0.05) is 0 Å². The Balaban J connectivity index is 3.25. The molecule has 89 valence electrons. The van der Waals surface area contributed by atoms with Crippen LogP contribution in [0, 0.1) is 0 Å². The van der Waals surface area contributed by atoms with E-state index in [1.165, 1.54) is 28.4 Å². The van der Waals surface area contributed by atoms with Gasteiger partial charge in [0.25, 0.3) is 0 Å². The summed E-state index contributed by atoms with van der Waals surface area (Å²) in [5.74, 6) is 1.33. The van der Waals surface area contributed by atoms with Crippen molar-refractivity contribution in [3.05, 3.63) is 17.7 Å². The molecule has 1 aromatic carbocycles. The van der Waals surface area contributed by atoms with Crippen molar-refractivity contribution in [3.8, 4) is 17.2 Å². The average Bonchev–Trinajstić information content (AvgIpc) is 2.35. The highest BCUT2D eigenvalue weighted by molar-refractivity contribution is 5.54. The van der Waals surface area contributed by atoms with Gasteiger partial charge in [-0.25, -0.2) is 0 Å². The lowest BCUT2D eigenvalue weighted by Gasteiger charge is -2.15. The molecule has 5 heteroatoms. The highest BCUT2D eigenvalue weighted by atomic mass is 16.6. The zero-order valence-electron chi connectivity index (χ0n) is 9.77. The average molecular weight is 227 g/mol. The third kappa shape index (κ3) is 2.37. The molecular formula is C11H15O5. The van der Waals surface area contributed by atoms with Crippen molar-refractivity contribution in [1.82, 2.24) is 0 Å². The summed E-state index contributed by atoms with van der Waals surface area (Å²) >= 11 is 0. The summed E-state index contributed by atoms with van der Waals surface area (Å²) < 4.78 is 20.1. The Morgan fingerprint density at radius 3 is 1.75 bits per heavy atom. The second-order valence-electron chi connectivity index (χ2n) is 3.03. The number of hydrogen-bond acceptors (Lipinski definition) is 4. The van der Waals surface area contributed by atoms with E-state index < -0.39 is 6.29 Å². The zero-order chi connectivity index (χ0) is 12.1. The first-order valence-electron chi connectivity index (χ1n) is 4.66. The number of ether oxygens (including phenoxy) is 4. The van der Waals surface area contributed by atoms with Gasteiger partial charge in [-0.15, -0.1) is 0 Å². The highest BCUT2D eigenvalue weighted by Gasteiger charge is 2.17. The molecule has 16 heavy (non-hydrogen) atoms. The minimum absolute atomic E-state index is 0.428. The predicted octanol–water partition coefficient (Wildman–Crippen LogP) is 1.79. The van der Waals surface area contributed by atoms with E-state index in [4.69, 9.17) is 18.9 Å². The molecule has 5 nitrogen and oxygen atoms in total. The summed E-state index contributed by atoms with van der Waals surface area (Å²) in [5, 5.41) is 11.5. The lowest BCUT2D eigenvalue weighted by atomic mass is 10.1. The predicted molar refractivity (Wildman–Crippen MR) is 56.5 cm³/mol. The first-order chi connectivity index (χ1) is 7.67. The summed E-state index contributed by atoms with van der Waals surface area (Å²) in [4.78, 5) is 0. The van der Waals surface area contributed by atoms with Crippen LogP contribution in [0.1, 0.15) is 11.9 Å². The fourth-order valence-electron chi connectivity index (χ4n) is 1.37. The van der Waals surface area contributed by atoms with Gasteiger partial charge >= 0.3 is 0 Å². The van der Waals surface area contributed by atoms with Crippen molar-refractivity contribution >= 4 is 0 Å². The zero-order valence-corrected chi connectivity index (χ0v) is 9.77. The number of rotatable bonds is 5. The monoisotopic (exact) mass is 227 g/mol. The molecule has 0 fully saturated rings. The van der Waals surface area contributed by atoms with Gasteiger partial charge in [0.15, 0.2) is 11.5 Å². The highest BCUT2D eigenvalue weighted by Crippen LogP contribution is 2.39. The second-order valence-corrected chi connectivity index (χ2v) is 3.03. The summed E-state index contributed by atoms with van der Waals surface area (Å²) in [5.41, 5.74) is 0.428. The molecule has 1 rings (SSSR count). The topological polar surface area (TPSA) is 56.8 Å². The lowest BCUT2D eigenvalue weighted by Crippen LogP contribution is -2.01. The van der Waals surface area contributed by atoms with E-state index in [9.17, 15) is 5.11 Å². The maximum absolute atomic E-state index is 11.5. The molecule has 0 saturated carbocycles. The van der Waals surface area contributed by atoms with E-state index >= 15 is 0 Å². The Morgan fingerprint density at radius 2 is 1.44 bits per heavy atom. The van der Waals surface area contributed by atoms with Gasteiger partial charge in [0.1, 0.15) is 0 Å². The summed E-state index contributed by atoms with van der Waals surface area (Å²) in [6.45, 7) is 0. The van der Waals surface area contributed by atoms with Crippen molar-refractivity contribution < 1.29 is 24.1 Å². The number of methoxy groups -OCH3 is 4. The van der Waals surface area contributed by atoms with Crippen LogP contribution in [0.15, 0.2) is 12.1 Å². The Bertz CT molecular complexity index is 325. The van der Waals surface area contributed by atoms with E-state index in [0.717, 1.165) is 0 Å². The molecule has 0 aliphatic heterocycles. The molecule has 1 unspecified atom stereocenters. The van der Waals surface area contributed by atoms with Crippen molar-refractivity contribution in [3.63, 3.8) is 0 Å². The molecule has 0 heterocycles. The molecule has 0 aliphatic rings. The first-order valence-corrected chi connectivity index (χ1v) is 4.66. The Labute approximate surface area is 94.5 Å². The molecule has 0 bridgehead atoms. The second kappa shape index (κ2) is 5.58. The van der Waals surface area contributed by atoms with Crippen LogP contribution in [0.25, 0.3) is 0 Å². The van der Waals surface area contributed by atoms with Crippen LogP contribution in [0.5, 0.6) is 17.2 Å². The largest absolute Gasteiger partial charge is 0.493 e. The smallest absolute Gasteiger partial charge is 0.217 e. The van der Waals surface area contributed by atoms with Gasteiger partial charge in [-0.3, -0.25) is 0 Å². The van der Waals surface area contributed by atoms with Gasteiger partial charge in [0.05, 0.1) is 21.3 Å². The van der Waals surface area contributed by atoms with E-state index in [0.29, 0.717) is 22.8 Å². The van der Waals surface area contributed by atoms with E-state index in [-0.39, 0.29) is 0 Å². The normalized spacial score (nSPS) is 12.1. The van der Waals surface area contributed by atoms with Crippen LogP contribution >= 0.6 is 0 Å². The summed E-state index contributed by atoms with van der Waals surface area (Å²) in [7, 11) is 5.84. The maximum Gasteiger partial charge on any atom is 0.217 e. The van der Waals surface area contributed by atoms with Gasteiger partial charge in [-0.05, 0) is 12.1 Å². The third-order valence-corrected chi connectivity index (χ3v) is 2.17. The molecule has 0 saturated heterocycles. The van der Waals surface area contributed by atoms with Crippen LogP contribution in [-0.4, -0.2) is 28.4 Å². The molecule has 0 aliphatic carbocycles. The molecule has 1 aromatic rings. The molecule has 0 spiro atoms. The minimum Gasteiger partial charge on any atom is -0.493 e. The van der Waals surface area contributed by atoms with E-state index in [1.807, 2.05) is 0 Å². The van der Waals surface area contributed by atoms with Crippen molar-refractivity contribution in [2.45, 2.75) is 6.29 Å². The molecule has 0 N–H and O–H groups in total. The standard InChI is InChI=1S/C11H15O5/c1-13-8-5-7(11(12)16-4)6-9(14-2)10(8)15-3/h5-6,11H,1-4H3. The van der Waals surface area contributed by atoms with Crippen molar-refractivity contribution in [2.75, 3.05) is 28.4 Å². The van der Waals surface area contributed by atoms with Gasteiger partial charge < -0.3 is 18.9 Å². The first kappa shape index (κ1) is 12.6. The lowest BCUT2D eigenvalue weighted by molar-refractivity contribution is -0.123. The fraction of sp³-hybridized carbons (Fsp3) is 0.455. The van der Waals surface area contributed by atoms with Crippen LogP contribution in [0.3, 0.4) is 0 Å². The fourth-order valence-corrected chi connectivity index (χ4v) is 1.37. The number of hydrogen-bond donors (Lipinski definition) is 0. The van der Waals surface area contributed by atoms with Crippen molar-refractivity contribution in [2.24, 2.45) is 0 Å². The van der Waals surface area contributed by atoms with Gasteiger partial charge in [-0.2, -0.15) is 5.11 Å².